The van der Waals surface area contributed by atoms with E-state index in [9.17, 15) is 19.8 Å². The number of alkyl halides is 1. The number of ether oxygens (including phenoxy) is 2. The van der Waals surface area contributed by atoms with E-state index in [1.165, 1.54) is 12.2 Å². The molecule has 1 saturated heterocycles. The molecule has 0 amide bonds. The number of allylic oxidation sites excluding steroid dienone is 4. The average molecular weight is 420 g/mol. The minimum atomic E-state index is -1.97. The van der Waals surface area contributed by atoms with Crippen molar-refractivity contribution in [3.63, 3.8) is 0 Å². The number of ketones is 2. The Kier molecular flexibility index (Phi) is 4.16. The van der Waals surface area contributed by atoms with E-state index in [4.69, 9.17) is 9.47 Å². The van der Waals surface area contributed by atoms with Crippen LogP contribution >= 0.6 is 0 Å². The lowest BCUT2D eigenvalue weighted by molar-refractivity contribution is -0.229. The van der Waals surface area contributed by atoms with Gasteiger partial charge in [-0.3, -0.25) is 9.59 Å². The second-order valence-corrected chi connectivity index (χ2v) is 10.1. The Bertz CT molecular complexity index is 883. The van der Waals surface area contributed by atoms with Gasteiger partial charge in [0.05, 0.1) is 12.2 Å². The van der Waals surface area contributed by atoms with Gasteiger partial charge in [0.1, 0.15) is 6.61 Å². The molecule has 164 valence electrons. The van der Waals surface area contributed by atoms with Crippen LogP contribution in [0.2, 0.25) is 0 Å². The first-order valence-electron chi connectivity index (χ1n) is 10.8. The third kappa shape index (κ3) is 2.08. The molecule has 2 unspecified atom stereocenters. The van der Waals surface area contributed by atoms with E-state index >= 15 is 4.39 Å². The minimum Gasteiger partial charge on any atom is -0.390 e. The summed E-state index contributed by atoms with van der Waals surface area (Å²) >= 11 is 0. The number of rotatable bonds is 2. The van der Waals surface area contributed by atoms with Crippen molar-refractivity contribution in [1.29, 1.82) is 0 Å². The molecule has 1 heterocycles. The van der Waals surface area contributed by atoms with Gasteiger partial charge < -0.3 is 19.7 Å². The molecule has 9 atom stereocenters. The van der Waals surface area contributed by atoms with Crippen molar-refractivity contribution in [2.75, 3.05) is 6.61 Å². The number of aliphatic hydroxyl groups excluding tert-OH is 2. The number of carbonyl (C=O) groups is 2. The number of aliphatic hydroxyl groups is 2. The van der Waals surface area contributed by atoms with E-state index in [0.29, 0.717) is 19.3 Å². The summed E-state index contributed by atoms with van der Waals surface area (Å²) in [5.41, 5.74) is -4.58. The lowest BCUT2D eigenvalue weighted by atomic mass is 9.44. The van der Waals surface area contributed by atoms with Crippen LogP contribution in [-0.4, -0.2) is 58.2 Å². The smallest absolute Gasteiger partial charge is 0.193 e. The van der Waals surface area contributed by atoms with Crippen LogP contribution in [0.4, 0.5) is 4.39 Å². The lowest BCUT2D eigenvalue weighted by Gasteiger charge is -2.62. The number of halogens is 1. The molecule has 5 aliphatic rings. The van der Waals surface area contributed by atoms with Crippen molar-refractivity contribution >= 4 is 11.6 Å². The van der Waals surface area contributed by atoms with Gasteiger partial charge in [-0.1, -0.05) is 18.6 Å². The number of hydrogen-bond acceptors (Lipinski definition) is 6. The Balaban J connectivity index is 1.63. The summed E-state index contributed by atoms with van der Waals surface area (Å²) in [5, 5.41) is 21.0. The number of carbonyl (C=O) groups excluding carboxylic acids is 2. The maximum absolute atomic E-state index is 17.1. The Morgan fingerprint density at radius 2 is 2.07 bits per heavy atom. The van der Waals surface area contributed by atoms with E-state index in [-0.39, 0.29) is 18.1 Å². The Labute approximate surface area is 175 Å². The first-order valence-corrected chi connectivity index (χ1v) is 10.8. The SMILES string of the molecule is CC1O[C@@H]2C[C@H]3[C@@H]4CCC5=CC(=O)C=C[C@]5(C)[C@@]4(F)[C@@H](O)C[C@]3(C)C2(C(=O)CO)O1. The van der Waals surface area contributed by atoms with Gasteiger partial charge in [-0.2, -0.15) is 0 Å². The van der Waals surface area contributed by atoms with Crippen molar-refractivity contribution in [1.82, 2.24) is 0 Å². The molecule has 4 aliphatic carbocycles. The summed E-state index contributed by atoms with van der Waals surface area (Å²) in [6, 6.07) is 0. The predicted molar refractivity (Wildman–Crippen MR) is 104 cm³/mol. The Morgan fingerprint density at radius 3 is 2.77 bits per heavy atom. The third-order valence-electron chi connectivity index (χ3n) is 9.07. The maximum atomic E-state index is 17.1. The molecule has 3 saturated carbocycles. The molecule has 1 aliphatic heterocycles. The Hall–Kier alpha value is -1.41. The van der Waals surface area contributed by atoms with Gasteiger partial charge in [0.15, 0.2) is 29.1 Å². The molecule has 5 rings (SSSR count). The van der Waals surface area contributed by atoms with Gasteiger partial charge in [0.25, 0.3) is 0 Å². The van der Waals surface area contributed by atoms with Crippen LogP contribution in [0.25, 0.3) is 0 Å². The fourth-order valence-electron chi connectivity index (χ4n) is 7.75. The summed E-state index contributed by atoms with van der Waals surface area (Å²) in [6.07, 6.45) is 3.47. The normalized spacial score (nSPS) is 54.1. The fourth-order valence-corrected chi connectivity index (χ4v) is 7.75. The van der Waals surface area contributed by atoms with Crippen LogP contribution in [0.1, 0.15) is 46.5 Å². The van der Waals surface area contributed by atoms with Crippen molar-refractivity contribution in [3.8, 4) is 0 Å². The van der Waals surface area contributed by atoms with Gasteiger partial charge in [0, 0.05) is 16.7 Å². The van der Waals surface area contributed by atoms with Gasteiger partial charge in [-0.25, -0.2) is 4.39 Å². The maximum Gasteiger partial charge on any atom is 0.193 e. The zero-order valence-corrected chi connectivity index (χ0v) is 17.6. The van der Waals surface area contributed by atoms with Crippen LogP contribution in [0.5, 0.6) is 0 Å². The number of fused-ring (bicyclic) bond motifs is 7. The highest BCUT2D eigenvalue weighted by atomic mass is 19.1. The number of Topliss-reactive ketones (excluding diaryl/α,β-unsaturated/α-hetero) is 1. The van der Waals surface area contributed by atoms with Crippen LogP contribution in [0.15, 0.2) is 23.8 Å². The van der Waals surface area contributed by atoms with Crippen molar-refractivity contribution in [3.05, 3.63) is 23.8 Å². The summed E-state index contributed by atoms with van der Waals surface area (Å²) in [5.74, 6) is -1.41. The zero-order chi connectivity index (χ0) is 21.7. The molecule has 2 N–H and O–H groups in total. The largest absolute Gasteiger partial charge is 0.390 e. The molecule has 4 fully saturated rings. The van der Waals surface area contributed by atoms with E-state index < -0.39 is 58.9 Å². The fraction of sp³-hybridized carbons (Fsp3) is 0.739. The summed E-state index contributed by atoms with van der Waals surface area (Å²) in [7, 11) is 0. The topological polar surface area (TPSA) is 93.1 Å². The zero-order valence-electron chi connectivity index (χ0n) is 17.6. The molecule has 6 nitrogen and oxygen atoms in total. The standard InChI is InChI=1S/C23H29FO6/c1-12-29-19-9-16-15-5-4-13-8-14(26)6-7-20(13,2)22(15,24)17(27)10-21(16,3)23(19,30-12)18(28)11-25/h6-8,12,15-17,19,25,27H,4-5,9-11H2,1-3H3/t12?,15-,16-,17-,19+,20-,21-,22-,23?/m0/s1. The molecule has 30 heavy (non-hydrogen) atoms. The third-order valence-corrected chi connectivity index (χ3v) is 9.07. The van der Waals surface area contributed by atoms with Crippen molar-refractivity contribution in [2.45, 2.75) is 76.2 Å². The summed E-state index contributed by atoms with van der Waals surface area (Å²) in [4.78, 5) is 24.9. The molecule has 0 spiro atoms. The molecular weight excluding hydrogens is 391 g/mol. The molecule has 0 bridgehead atoms. The lowest BCUT2D eigenvalue weighted by Crippen LogP contribution is -2.69. The molecule has 0 aromatic heterocycles. The molecule has 0 aromatic rings. The van der Waals surface area contributed by atoms with Crippen molar-refractivity contribution in [2.24, 2.45) is 22.7 Å². The van der Waals surface area contributed by atoms with Crippen LogP contribution in [0, 0.1) is 22.7 Å². The van der Waals surface area contributed by atoms with E-state index in [1.807, 2.05) is 6.92 Å². The molecular formula is C23H29FO6. The van der Waals surface area contributed by atoms with Gasteiger partial charge in [-0.05, 0) is 57.6 Å². The second kappa shape index (κ2) is 6.09. The van der Waals surface area contributed by atoms with Crippen molar-refractivity contribution < 1.29 is 33.7 Å². The first-order chi connectivity index (χ1) is 14.0. The molecule has 0 aromatic carbocycles. The highest BCUT2D eigenvalue weighted by molar-refractivity contribution is 6.01. The average Bonchev–Trinajstić information content (AvgIpc) is 3.14. The monoisotopic (exact) mass is 420 g/mol. The van der Waals surface area contributed by atoms with E-state index in [0.717, 1.165) is 5.57 Å². The predicted octanol–water partition coefficient (Wildman–Crippen LogP) is 2.03. The Morgan fingerprint density at radius 1 is 1.33 bits per heavy atom. The van der Waals surface area contributed by atoms with Gasteiger partial charge >= 0.3 is 0 Å². The summed E-state index contributed by atoms with van der Waals surface area (Å²) < 4.78 is 29.1. The van der Waals surface area contributed by atoms with Crippen LogP contribution in [-0.2, 0) is 19.1 Å². The summed E-state index contributed by atoms with van der Waals surface area (Å²) in [6.45, 7) is 4.67. The second-order valence-electron chi connectivity index (χ2n) is 10.1. The highest BCUT2D eigenvalue weighted by Gasteiger charge is 2.79. The van der Waals surface area contributed by atoms with Gasteiger partial charge in [-0.15, -0.1) is 0 Å². The molecule has 0 radical (unpaired) electrons. The van der Waals surface area contributed by atoms with E-state index in [1.54, 1.807) is 19.9 Å². The first kappa shape index (κ1) is 20.5. The highest BCUT2D eigenvalue weighted by Crippen LogP contribution is 2.71. The quantitative estimate of drug-likeness (QED) is 0.710. The number of hydrogen-bond donors (Lipinski definition) is 2. The van der Waals surface area contributed by atoms with Gasteiger partial charge in [0.2, 0.25) is 0 Å². The van der Waals surface area contributed by atoms with E-state index in [2.05, 4.69) is 0 Å². The van der Waals surface area contributed by atoms with Crippen LogP contribution in [0.3, 0.4) is 0 Å². The minimum absolute atomic E-state index is 0.0215. The molecule has 7 heteroatoms. The van der Waals surface area contributed by atoms with Crippen LogP contribution < -0.4 is 0 Å².